The SMILES string of the molecule is COc1ccc2oc(C=CN(C)C)c([N+](=O)[O-])c2c1. The Hall–Kier alpha value is -2.50. The van der Waals surface area contributed by atoms with Crippen molar-refractivity contribution >= 4 is 22.7 Å². The number of methoxy groups -OCH3 is 1. The van der Waals surface area contributed by atoms with Crippen molar-refractivity contribution in [1.82, 2.24) is 4.90 Å². The number of rotatable bonds is 4. The molecule has 0 saturated carbocycles. The van der Waals surface area contributed by atoms with Crippen molar-refractivity contribution in [2.24, 2.45) is 0 Å². The van der Waals surface area contributed by atoms with Crippen molar-refractivity contribution in [2.75, 3.05) is 21.2 Å². The van der Waals surface area contributed by atoms with E-state index in [1.54, 1.807) is 35.4 Å². The molecule has 6 heteroatoms. The number of fused-ring (bicyclic) bond motifs is 1. The monoisotopic (exact) mass is 262 g/mol. The summed E-state index contributed by atoms with van der Waals surface area (Å²) in [7, 11) is 5.17. The summed E-state index contributed by atoms with van der Waals surface area (Å²) in [5, 5.41) is 11.6. The van der Waals surface area contributed by atoms with Gasteiger partial charge in [0.05, 0.1) is 12.0 Å². The molecule has 0 aliphatic carbocycles. The van der Waals surface area contributed by atoms with Crippen LogP contribution in [-0.4, -0.2) is 31.0 Å². The highest BCUT2D eigenvalue weighted by atomic mass is 16.6. The minimum absolute atomic E-state index is 0.0491. The van der Waals surface area contributed by atoms with Crippen LogP contribution in [0.25, 0.3) is 17.0 Å². The van der Waals surface area contributed by atoms with Gasteiger partial charge in [-0.25, -0.2) is 0 Å². The second-order valence-corrected chi connectivity index (χ2v) is 4.21. The minimum Gasteiger partial charge on any atom is -0.497 e. The third-order valence-electron chi connectivity index (χ3n) is 2.60. The predicted octanol–water partition coefficient (Wildman–Crippen LogP) is 2.88. The fourth-order valence-corrected chi connectivity index (χ4v) is 1.73. The van der Waals surface area contributed by atoms with E-state index in [2.05, 4.69) is 0 Å². The lowest BCUT2D eigenvalue weighted by atomic mass is 10.2. The Morgan fingerprint density at radius 1 is 1.42 bits per heavy atom. The molecule has 0 fully saturated rings. The number of furan rings is 1. The Bertz CT molecular complexity index is 643. The van der Waals surface area contributed by atoms with Gasteiger partial charge in [0.1, 0.15) is 16.7 Å². The third-order valence-corrected chi connectivity index (χ3v) is 2.60. The minimum atomic E-state index is -0.444. The van der Waals surface area contributed by atoms with E-state index in [1.165, 1.54) is 7.11 Å². The van der Waals surface area contributed by atoms with Crippen molar-refractivity contribution < 1.29 is 14.1 Å². The normalized spacial score (nSPS) is 11.1. The third kappa shape index (κ3) is 2.52. The van der Waals surface area contributed by atoms with Crippen LogP contribution in [0.15, 0.2) is 28.8 Å². The first kappa shape index (κ1) is 12.9. The summed E-state index contributed by atoms with van der Waals surface area (Å²) < 4.78 is 10.6. The molecular formula is C13H14N2O4. The summed E-state index contributed by atoms with van der Waals surface area (Å²) in [6.07, 6.45) is 3.27. The Labute approximate surface area is 110 Å². The molecule has 1 aromatic carbocycles. The lowest BCUT2D eigenvalue weighted by Crippen LogP contribution is -1.99. The molecule has 19 heavy (non-hydrogen) atoms. The first-order chi connectivity index (χ1) is 9.02. The molecular weight excluding hydrogens is 248 g/mol. The maximum Gasteiger partial charge on any atom is 0.322 e. The molecule has 1 heterocycles. The molecule has 0 saturated heterocycles. The number of benzene rings is 1. The molecule has 0 N–H and O–H groups in total. The fourth-order valence-electron chi connectivity index (χ4n) is 1.73. The first-order valence-electron chi connectivity index (χ1n) is 5.62. The molecule has 0 aliphatic rings. The van der Waals surface area contributed by atoms with Crippen LogP contribution in [0, 0.1) is 10.1 Å². The quantitative estimate of drug-likeness (QED) is 0.626. The molecule has 2 rings (SSSR count). The van der Waals surface area contributed by atoms with Gasteiger partial charge in [0, 0.05) is 26.4 Å². The van der Waals surface area contributed by atoms with Crippen LogP contribution in [0.2, 0.25) is 0 Å². The standard InChI is InChI=1S/C13H14N2O4/c1-14(2)7-6-12-13(15(16)17)10-8-9(18-3)4-5-11(10)19-12/h4-8H,1-3H3. The summed E-state index contributed by atoms with van der Waals surface area (Å²) in [4.78, 5) is 12.5. The van der Waals surface area contributed by atoms with Gasteiger partial charge in [-0.15, -0.1) is 0 Å². The zero-order valence-corrected chi connectivity index (χ0v) is 10.9. The molecule has 0 unspecified atom stereocenters. The summed E-state index contributed by atoms with van der Waals surface area (Å²) in [5.74, 6) is 0.779. The van der Waals surface area contributed by atoms with Crippen molar-refractivity contribution in [2.45, 2.75) is 0 Å². The maximum atomic E-state index is 11.2. The van der Waals surface area contributed by atoms with E-state index in [0.717, 1.165) is 0 Å². The van der Waals surface area contributed by atoms with Crippen LogP contribution in [0.1, 0.15) is 5.76 Å². The van der Waals surface area contributed by atoms with Crippen LogP contribution in [-0.2, 0) is 0 Å². The average molecular weight is 262 g/mol. The lowest BCUT2D eigenvalue weighted by Gasteiger charge is -2.01. The van der Waals surface area contributed by atoms with E-state index < -0.39 is 4.92 Å². The van der Waals surface area contributed by atoms with Crippen LogP contribution in [0.4, 0.5) is 5.69 Å². The lowest BCUT2D eigenvalue weighted by molar-refractivity contribution is -0.383. The smallest absolute Gasteiger partial charge is 0.322 e. The highest BCUT2D eigenvalue weighted by molar-refractivity contribution is 5.92. The number of hydrogen-bond donors (Lipinski definition) is 0. The van der Waals surface area contributed by atoms with Crippen LogP contribution >= 0.6 is 0 Å². The number of nitro groups is 1. The Balaban J connectivity index is 2.64. The Morgan fingerprint density at radius 3 is 2.74 bits per heavy atom. The van der Waals surface area contributed by atoms with E-state index in [9.17, 15) is 10.1 Å². The molecule has 100 valence electrons. The van der Waals surface area contributed by atoms with Gasteiger partial charge in [-0.2, -0.15) is 0 Å². The van der Waals surface area contributed by atoms with E-state index in [1.807, 2.05) is 14.1 Å². The molecule has 6 nitrogen and oxygen atoms in total. The van der Waals surface area contributed by atoms with Crippen molar-refractivity contribution in [1.29, 1.82) is 0 Å². The molecule has 0 spiro atoms. The van der Waals surface area contributed by atoms with Gasteiger partial charge in [-0.3, -0.25) is 10.1 Å². The predicted molar refractivity (Wildman–Crippen MR) is 72.1 cm³/mol. The highest BCUT2D eigenvalue weighted by Gasteiger charge is 2.23. The second kappa shape index (κ2) is 5.01. The van der Waals surface area contributed by atoms with Gasteiger partial charge in [0.2, 0.25) is 5.76 Å². The summed E-state index contributed by atoms with van der Waals surface area (Å²) in [6, 6.07) is 4.97. The fraction of sp³-hybridized carbons (Fsp3) is 0.231. The average Bonchev–Trinajstić information content (AvgIpc) is 2.73. The Kier molecular flexibility index (Phi) is 3.41. The molecule has 2 aromatic rings. The van der Waals surface area contributed by atoms with E-state index in [-0.39, 0.29) is 11.4 Å². The van der Waals surface area contributed by atoms with E-state index in [0.29, 0.717) is 16.7 Å². The number of nitrogens with zero attached hydrogens (tertiary/aromatic N) is 2. The van der Waals surface area contributed by atoms with Gasteiger partial charge in [0.25, 0.3) is 0 Å². The molecule has 0 atom stereocenters. The van der Waals surface area contributed by atoms with E-state index >= 15 is 0 Å². The van der Waals surface area contributed by atoms with Crippen LogP contribution < -0.4 is 4.74 Å². The first-order valence-corrected chi connectivity index (χ1v) is 5.62. The van der Waals surface area contributed by atoms with Crippen LogP contribution in [0.3, 0.4) is 0 Å². The molecule has 0 bridgehead atoms. The molecule has 1 aromatic heterocycles. The summed E-state index contributed by atoms with van der Waals surface area (Å²) >= 11 is 0. The largest absolute Gasteiger partial charge is 0.497 e. The number of ether oxygens (including phenoxy) is 1. The van der Waals surface area contributed by atoms with E-state index in [4.69, 9.17) is 9.15 Å². The maximum absolute atomic E-state index is 11.2. The highest BCUT2D eigenvalue weighted by Crippen LogP contribution is 2.35. The van der Waals surface area contributed by atoms with Gasteiger partial charge >= 0.3 is 5.69 Å². The number of hydrogen-bond acceptors (Lipinski definition) is 5. The van der Waals surface area contributed by atoms with Crippen LogP contribution in [0.5, 0.6) is 5.75 Å². The molecule has 0 aliphatic heterocycles. The van der Waals surface area contributed by atoms with Gasteiger partial charge in [-0.05, 0) is 18.2 Å². The van der Waals surface area contributed by atoms with Gasteiger partial charge in [-0.1, -0.05) is 0 Å². The van der Waals surface area contributed by atoms with Gasteiger partial charge < -0.3 is 14.1 Å². The molecule has 0 radical (unpaired) electrons. The second-order valence-electron chi connectivity index (χ2n) is 4.21. The summed E-state index contributed by atoms with van der Waals surface area (Å²) in [5.41, 5.74) is 0.415. The Morgan fingerprint density at radius 2 is 2.16 bits per heavy atom. The van der Waals surface area contributed by atoms with Crippen molar-refractivity contribution in [3.05, 3.63) is 40.3 Å². The van der Waals surface area contributed by atoms with Crippen molar-refractivity contribution in [3.63, 3.8) is 0 Å². The topological polar surface area (TPSA) is 68.8 Å². The zero-order valence-electron chi connectivity index (χ0n) is 10.9. The molecule has 0 amide bonds. The zero-order chi connectivity index (χ0) is 14.0. The summed E-state index contributed by atoms with van der Waals surface area (Å²) in [6.45, 7) is 0. The van der Waals surface area contributed by atoms with Gasteiger partial charge in [0.15, 0.2) is 0 Å². The van der Waals surface area contributed by atoms with Crippen molar-refractivity contribution in [3.8, 4) is 5.75 Å².